The predicted molar refractivity (Wildman–Crippen MR) is 78.0 cm³/mol. The quantitative estimate of drug-likeness (QED) is 0.814. The lowest BCUT2D eigenvalue weighted by molar-refractivity contribution is -0.140. The van der Waals surface area contributed by atoms with Gasteiger partial charge >= 0.3 is 5.97 Å². The molecule has 1 atom stereocenters. The van der Waals surface area contributed by atoms with Gasteiger partial charge < -0.3 is 10.4 Å². The second-order valence-electron chi connectivity index (χ2n) is 5.56. The van der Waals surface area contributed by atoms with E-state index >= 15 is 0 Å². The van der Waals surface area contributed by atoms with Gasteiger partial charge in [-0.05, 0) is 25.5 Å². The number of carbonyl (C=O) groups is 4. The van der Waals surface area contributed by atoms with E-state index in [4.69, 9.17) is 16.7 Å². The number of fused-ring (bicyclic) bond motifs is 1. The Morgan fingerprint density at radius 2 is 1.95 bits per heavy atom. The number of hydrogen-bond donors (Lipinski definition) is 2. The third-order valence-corrected chi connectivity index (χ3v) is 4.06. The number of rotatable bonds is 3. The minimum atomic E-state index is -1.58. The summed E-state index contributed by atoms with van der Waals surface area (Å²) >= 11 is 6.05. The largest absolute Gasteiger partial charge is 0.480 e. The number of carboxylic acids is 1. The first kappa shape index (κ1) is 16.2. The Kier molecular flexibility index (Phi) is 4.06. The summed E-state index contributed by atoms with van der Waals surface area (Å²) in [5, 5.41) is 10.8. The van der Waals surface area contributed by atoms with Crippen LogP contribution in [-0.2, 0) is 19.8 Å². The van der Waals surface area contributed by atoms with Gasteiger partial charge in [0.15, 0.2) is 17.5 Å². The number of carboxylic acid groups (broad SMARTS) is 1. The lowest BCUT2D eigenvalue weighted by Gasteiger charge is -2.34. The van der Waals surface area contributed by atoms with E-state index < -0.39 is 41.3 Å². The summed E-state index contributed by atoms with van der Waals surface area (Å²) in [5.74, 6) is -5.04. The molecule has 1 aliphatic rings. The lowest BCUT2D eigenvalue weighted by Crippen LogP contribution is -2.51. The van der Waals surface area contributed by atoms with Crippen molar-refractivity contribution < 1.29 is 24.3 Å². The van der Waals surface area contributed by atoms with E-state index in [9.17, 15) is 19.2 Å². The van der Waals surface area contributed by atoms with Crippen LogP contribution < -0.4 is 5.32 Å². The van der Waals surface area contributed by atoms with E-state index in [0.29, 0.717) is 5.56 Å². The van der Waals surface area contributed by atoms with Crippen LogP contribution in [0, 0.1) is 5.92 Å². The maximum absolute atomic E-state index is 12.5. The third-order valence-electron chi connectivity index (χ3n) is 3.75. The van der Waals surface area contributed by atoms with E-state index in [-0.39, 0.29) is 10.6 Å². The highest BCUT2D eigenvalue weighted by atomic mass is 35.5. The molecule has 22 heavy (non-hydrogen) atoms. The van der Waals surface area contributed by atoms with E-state index in [0.717, 1.165) is 0 Å². The number of ketones is 2. The van der Waals surface area contributed by atoms with E-state index in [1.165, 1.54) is 6.07 Å². The van der Waals surface area contributed by atoms with Crippen LogP contribution in [0.15, 0.2) is 18.2 Å². The molecule has 0 saturated heterocycles. The number of Topliss-reactive ketones (excluding diaryl/α,β-unsaturated/α-hetero) is 2. The molecular formula is C15H14ClNO5. The zero-order valence-electron chi connectivity index (χ0n) is 12.0. The molecule has 0 bridgehead atoms. The number of nitrogens with one attached hydrogen (secondary N) is 1. The van der Waals surface area contributed by atoms with Crippen LogP contribution in [0.1, 0.15) is 29.8 Å². The molecule has 0 spiro atoms. The van der Waals surface area contributed by atoms with Crippen LogP contribution in [-0.4, -0.2) is 35.1 Å². The van der Waals surface area contributed by atoms with Crippen molar-refractivity contribution in [3.8, 4) is 0 Å². The normalized spacial score (nSPS) is 19.5. The fourth-order valence-corrected chi connectivity index (χ4v) is 2.82. The molecule has 1 aliphatic carbocycles. The first-order valence-corrected chi connectivity index (χ1v) is 6.92. The summed E-state index contributed by atoms with van der Waals surface area (Å²) in [6.07, 6.45) is 0. The molecule has 1 aromatic rings. The van der Waals surface area contributed by atoms with Crippen molar-refractivity contribution in [3.63, 3.8) is 0 Å². The number of aliphatic carboxylic acids is 1. The molecule has 0 aliphatic heterocycles. The molecule has 6 nitrogen and oxygen atoms in total. The first-order valence-electron chi connectivity index (χ1n) is 6.55. The molecule has 1 amide bonds. The van der Waals surface area contributed by atoms with Crippen LogP contribution in [0.5, 0.6) is 0 Å². The Bertz CT molecular complexity index is 695. The molecule has 0 aromatic heterocycles. The molecule has 1 aromatic carbocycles. The van der Waals surface area contributed by atoms with Gasteiger partial charge in [-0.1, -0.05) is 23.7 Å². The first-order chi connectivity index (χ1) is 10.2. The Labute approximate surface area is 131 Å². The monoisotopic (exact) mass is 323 g/mol. The fourth-order valence-electron chi connectivity index (χ4n) is 2.56. The molecule has 0 saturated carbocycles. The highest BCUT2D eigenvalue weighted by Gasteiger charge is 2.50. The zero-order chi connectivity index (χ0) is 16.7. The minimum absolute atomic E-state index is 0.143. The predicted octanol–water partition coefficient (Wildman–Crippen LogP) is 1.20. The van der Waals surface area contributed by atoms with Crippen molar-refractivity contribution in [2.24, 2.45) is 5.92 Å². The second kappa shape index (κ2) is 5.53. The number of hydrogen-bond acceptors (Lipinski definition) is 4. The average Bonchev–Trinajstić information content (AvgIpc) is 2.43. The highest BCUT2D eigenvalue weighted by Crippen LogP contribution is 2.39. The number of halogens is 1. The summed E-state index contributed by atoms with van der Waals surface area (Å²) in [6.45, 7) is 2.55. The Hall–Kier alpha value is -2.21. The van der Waals surface area contributed by atoms with Crippen LogP contribution in [0.25, 0.3) is 0 Å². The maximum atomic E-state index is 12.5. The Balaban J connectivity index is 2.49. The van der Waals surface area contributed by atoms with Crippen molar-refractivity contribution in [1.82, 2.24) is 5.32 Å². The SMILES string of the molecule is CC1(C)C(=O)C(C(=O)NCC(=O)O)C(=O)c2c(Cl)cccc21. The van der Waals surface area contributed by atoms with Crippen LogP contribution >= 0.6 is 11.6 Å². The molecule has 0 radical (unpaired) electrons. The van der Waals surface area contributed by atoms with Gasteiger partial charge in [0.1, 0.15) is 6.54 Å². The van der Waals surface area contributed by atoms with Crippen LogP contribution in [0.2, 0.25) is 5.02 Å². The molecule has 116 valence electrons. The summed E-state index contributed by atoms with van der Waals surface area (Å²) in [5.41, 5.74) is -0.458. The fraction of sp³-hybridized carbons (Fsp3) is 0.333. The minimum Gasteiger partial charge on any atom is -0.480 e. The van der Waals surface area contributed by atoms with Crippen LogP contribution in [0.3, 0.4) is 0 Å². The smallest absolute Gasteiger partial charge is 0.322 e. The van der Waals surface area contributed by atoms with Crippen molar-refractivity contribution in [1.29, 1.82) is 0 Å². The van der Waals surface area contributed by atoms with E-state index in [2.05, 4.69) is 5.32 Å². The lowest BCUT2D eigenvalue weighted by atomic mass is 9.66. The highest BCUT2D eigenvalue weighted by molar-refractivity contribution is 6.38. The molecule has 0 heterocycles. The second-order valence-corrected chi connectivity index (χ2v) is 5.97. The summed E-state index contributed by atoms with van der Waals surface area (Å²) in [7, 11) is 0. The Morgan fingerprint density at radius 1 is 1.32 bits per heavy atom. The van der Waals surface area contributed by atoms with Gasteiger partial charge in [-0.15, -0.1) is 0 Å². The van der Waals surface area contributed by atoms with Gasteiger partial charge in [0.25, 0.3) is 0 Å². The number of carbonyl (C=O) groups excluding carboxylic acids is 3. The number of benzene rings is 1. The van der Waals surface area contributed by atoms with Crippen molar-refractivity contribution in [2.45, 2.75) is 19.3 Å². The van der Waals surface area contributed by atoms with Gasteiger partial charge in [-0.3, -0.25) is 19.2 Å². The van der Waals surface area contributed by atoms with Gasteiger partial charge in [0.05, 0.1) is 10.4 Å². The summed E-state index contributed by atoms with van der Waals surface area (Å²) < 4.78 is 0. The Morgan fingerprint density at radius 3 is 2.55 bits per heavy atom. The molecule has 0 fully saturated rings. The van der Waals surface area contributed by atoms with Crippen molar-refractivity contribution in [2.75, 3.05) is 6.54 Å². The molecular weight excluding hydrogens is 310 g/mol. The van der Waals surface area contributed by atoms with Gasteiger partial charge in [-0.25, -0.2) is 0 Å². The average molecular weight is 324 g/mol. The van der Waals surface area contributed by atoms with Crippen molar-refractivity contribution in [3.05, 3.63) is 34.3 Å². The molecule has 2 rings (SSSR count). The standard InChI is InChI=1S/C15H14ClNO5/c1-15(2)7-4-3-5-8(16)10(7)12(20)11(13(15)21)14(22)17-6-9(18)19/h3-5,11H,6H2,1-2H3,(H,17,22)(H,18,19). The van der Waals surface area contributed by atoms with Gasteiger partial charge in [0.2, 0.25) is 5.91 Å². The molecule has 2 N–H and O–H groups in total. The van der Waals surface area contributed by atoms with Gasteiger partial charge in [-0.2, -0.15) is 0 Å². The zero-order valence-corrected chi connectivity index (χ0v) is 12.7. The van der Waals surface area contributed by atoms with Crippen LogP contribution in [0.4, 0.5) is 0 Å². The maximum Gasteiger partial charge on any atom is 0.322 e. The number of amides is 1. The van der Waals surface area contributed by atoms with Crippen molar-refractivity contribution >= 4 is 35.0 Å². The summed E-state index contributed by atoms with van der Waals surface area (Å²) in [4.78, 5) is 47.7. The third kappa shape index (κ3) is 2.50. The molecule has 7 heteroatoms. The summed E-state index contributed by atoms with van der Waals surface area (Å²) in [6, 6.07) is 4.77. The topological polar surface area (TPSA) is 101 Å². The molecule has 1 unspecified atom stereocenters. The van der Waals surface area contributed by atoms with E-state index in [1.807, 2.05) is 0 Å². The van der Waals surface area contributed by atoms with Gasteiger partial charge in [0, 0.05) is 5.56 Å². The van der Waals surface area contributed by atoms with E-state index in [1.54, 1.807) is 26.0 Å².